The molecule has 8 heteroatoms. The summed E-state index contributed by atoms with van der Waals surface area (Å²) >= 11 is 0. The zero-order chi connectivity index (χ0) is 12.2. The summed E-state index contributed by atoms with van der Waals surface area (Å²) in [4.78, 5) is 21.4. The lowest BCUT2D eigenvalue weighted by Crippen LogP contribution is -2.45. The largest absolute Gasteiger partial charge is 0.351 e. The second-order valence-corrected chi connectivity index (χ2v) is 6.02. The molecule has 1 rings (SSSR count). The van der Waals surface area contributed by atoms with Gasteiger partial charge in [0.25, 0.3) is 0 Å². The Balaban J connectivity index is 2.25. The van der Waals surface area contributed by atoms with E-state index in [0.717, 1.165) is 0 Å². The fourth-order valence-electron chi connectivity index (χ4n) is 1.51. The first kappa shape index (κ1) is 12.9. The van der Waals surface area contributed by atoms with Gasteiger partial charge in [-0.15, -0.1) is 0 Å². The number of hydrogen-bond donors (Lipinski definition) is 3. The van der Waals surface area contributed by atoms with E-state index in [1.807, 2.05) is 5.32 Å². The molecule has 0 radical (unpaired) electrons. The van der Waals surface area contributed by atoms with Gasteiger partial charge in [-0.25, -0.2) is 13.2 Å². The molecule has 1 fully saturated rings. The minimum absolute atomic E-state index is 0.00199. The second-order valence-electron chi connectivity index (χ2n) is 3.72. The van der Waals surface area contributed by atoms with Crippen LogP contribution in [0.4, 0.5) is 4.79 Å². The highest BCUT2D eigenvalue weighted by molar-refractivity contribution is 7.91. The number of nitrogens with two attached hydrogens (primary N) is 1. The molecule has 4 N–H and O–H groups in total. The summed E-state index contributed by atoms with van der Waals surface area (Å²) in [6, 6.07) is -0.889. The summed E-state index contributed by atoms with van der Waals surface area (Å²) in [5, 5.41) is 4.80. The number of urea groups is 1. The van der Waals surface area contributed by atoms with Gasteiger partial charge < -0.3 is 11.1 Å². The molecular formula is C8H15N3O4S. The van der Waals surface area contributed by atoms with E-state index in [4.69, 9.17) is 5.73 Å². The Morgan fingerprint density at radius 3 is 2.31 bits per heavy atom. The van der Waals surface area contributed by atoms with Gasteiger partial charge in [0.05, 0.1) is 18.1 Å². The van der Waals surface area contributed by atoms with Gasteiger partial charge in [0.2, 0.25) is 5.91 Å². The lowest BCUT2D eigenvalue weighted by Gasteiger charge is -2.22. The number of imide groups is 1. The fraction of sp³-hybridized carbons (Fsp3) is 0.750. The molecule has 0 spiro atoms. The van der Waals surface area contributed by atoms with Crippen molar-refractivity contribution >= 4 is 21.8 Å². The Labute approximate surface area is 93.7 Å². The Morgan fingerprint density at radius 2 is 1.81 bits per heavy atom. The number of hydrogen-bond acceptors (Lipinski definition) is 5. The number of rotatable bonds is 3. The topological polar surface area (TPSA) is 118 Å². The Hall–Kier alpha value is -1.15. The van der Waals surface area contributed by atoms with Crippen molar-refractivity contribution in [1.29, 1.82) is 0 Å². The smallest absolute Gasteiger partial charge is 0.318 e. The van der Waals surface area contributed by atoms with Crippen LogP contribution in [0.15, 0.2) is 0 Å². The molecule has 0 aromatic heterocycles. The maximum absolute atomic E-state index is 11.1. The van der Waals surface area contributed by atoms with Gasteiger partial charge in [0, 0.05) is 6.04 Å². The summed E-state index contributed by atoms with van der Waals surface area (Å²) in [5.74, 6) is -0.231. The van der Waals surface area contributed by atoms with Crippen molar-refractivity contribution in [3.05, 3.63) is 0 Å². The molecule has 3 amide bonds. The predicted octanol–water partition coefficient (Wildman–Crippen LogP) is -1.65. The van der Waals surface area contributed by atoms with E-state index in [2.05, 4.69) is 5.32 Å². The van der Waals surface area contributed by atoms with Crippen LogP contribution < -0.4 is 16.4 Å². The first-order chi connectivity index (χ1) is 7.39. The second kappa shape index (κ2) is 5.26. The van der Waals surface area contributed by atoms with Crippen LogP contribution in [0.1, 0.15) is 12.8 Å². The molecule has 0 unspecified atom stereocenters. The Bertz CT molecular complexity index is 365. The number of nitrogens with one attached hydrogen (secondary N) is 2. The molecule has 0 aromatic carbocycles. The van der Waals surface area contributed by atoms with Crippen LogP contribution in [-0.2, 0) is 14.6 Å². The lowest BCUT2D eigenvalue weighted by atomic mass is 10.1. The predicted molar refractivity (Wildman–Crippen MR) is 57.4 cm³/mol. The number of sulfone groups is 1. The zero-order valence-electron chi connectivity index (χ0n) is 8.73. The van der Waals surface area contributed by atoms with Gasteiger partial charge in [-0.2, -0.15) is 0 Å². The number of carbonyl (C=O) groups is 2. The normalized spacial score (nSPS) is 20.2. The van der Waals surface area contributed by atoms with Crippen LogP contribution >= 0.6 is 0 Å². The molecule has 1 aliphatic heterocycles. The standard InChI is InChI=1S/C8H15N3O4S/c9-8(13)11-7(12)5-10-6-1-3-16(14,15)4-2-6/h6,10H,1-5H2,(H3,9,11,12,13). The molecule has 0 bridgehead atoms. The SMILES string of the molecule is NC(=O)NC(=O)CNC1CCS(=O)(=O)CC1. The van der Waals surface area contributed by atoms with Crippen molar-refractivity contribution in [3.8, 4) is 0 Å². The van der Waals surface area contributed by atoms with Crippen molar-refractivity contribution in [2.45, 2.75) is 18.9 Å². The molecule has 16 heavy (non-hydrogen) atoms. The van der Waals surface area contributed by atoms with Crippen molar-refractivity contribution < 1.29 is 18.0 Å². The average Bonchev–Trinajstić information content (AvgIpc) is 2.15. The van der Waals surface area contributed by atoms with Crippen LogP contribution in [0.2, 0.25) is 0 Å². The number of carbonyl (C=O) groups excluding carboxylic acids is 2. The van der Waals surface area contributed by atoms with Crippen LogP contribution in [0.5, 0.6) is 0 Å². The van der Waals surface area contributed by atoms with Gasteiger partial charge in [-0.3, -0.25) is 10.1 Å². The molecule has 0 aromatic rings. The third kappa shape index (κ3) is 4.58. The maximum Gasteiger partial charge on any atom is 0.318 e. The summed E-state index contributed by atoms with van der Waals surface area (Å²) < 4.78 is 22.2. The van der Waals surface area contributed by atoms with E-state index in [-0.39, 0.29) is 24.1 Å². The van der Waals surface area contributed by atoms with Crippen molar-refractivity contribution in [1.82, 2.24) is 10.6 Å². The van der Waals surface area contributed by atoms with Gasteiger partial charge in [-0.05, 0) is 12.8 Å². The van der Waals surface area contributed by atoms with Crippen LogP contribution in [0, 0.1) is 0 Å². The summed E-state index contributed by atoms with van der Waals surface area (Å²) in [7, 11) is -2.89. The van der Waals surface area contributed by atoms with E-state index < -0.39 is 21.8 Å². The Morgan fingerprint density at radius 1 is 1.25 bits per heavy atom. The fourth-order valence-corrected chi connectivity index (χ4v) is 3.00. The molecule has 0 atom stereocenters. The van der Waals surface area contributed by atoms with E-state index in [1.165, 1.54) is 0 Å². The molecule has 1 aliphatic rings. The van der Waals surface area contributed by atoms with Crippen molar-refractivity contribution in [3.63, 3.8) is 0 Å². The van der Waals surface area contributed by atoms with Gasteiger partial charge in [0.1, 0.15) is 9.84 Å². The van der Waals surface area contributed by atoms with Gasteiger partial charge in [0.15, 0.2) is 0 Å². The van der Waals surface area contributed by atoms with Gasteiger partial charge in [-0.1, -0.05) is 0 Å². The zero-order valence-corrected chi connectivity index (χ0v) is 9.55. The molecule has 92 valence electrons. The molecule has 1 heterocycles. The third-order valence-corrected chi connectivity index (χ3v) is 4.08. The molecule has 0 saturated carbocycles. The minimum Gasteiger partial charge on any atom is -0.351 e. The van der Waals surface area contributed by atoms with E-state index in [9.17, 15) is 18.0 Å². The van der Waals surface area contributed by atoms with Crippen molar-refractivity contribution in [2.24, 2.45) is 5.73 Å². The van der Waals surface area contributed by atoms with Crippen LogP contribution in [0.3, 0.4) is 0 Å². The quantitative estimate of drug-likeness (QED) is 0.553. The monoisotopic (exact) mass is 249 g/mol. The first-order valence-corrected chi connectivity index (χ1v) is 6.74. The highest BCUT2D eigenvalue weighted by Gasteiger charge is 2.23. The Kier molecular flexibility index (Phi) is 4.25. The highest BCUT2D eigenvalue weighted by atomic mass is 32.2. The molecule has 7 nitrogen and oxygen atoms in total. The average molecular weight is 249 g/mol. The van der Waals surface area contributed by atoms with E-state index in [0.29, 0.717) is 12.8 Å². The van der Waals surface area contributed by atoms with E-state index in [1.54, 1.807) is 0 Å². The van der Waals surface area contributed by atoms with Crippen molar-refractivity contribution in [2.75, 3.05) is 18.1 Å². The molecule has 1 saturated heterocycles. The summed E-state index contributed by atoms with van der Waals surface area (Å²) in [6.45, 7) is -0.0341. The lowest BCUT2D eigenvalue weighted by molar-refractivity contribution is -0.119. The van der Waals surface area contributed by atoms with Crippen LogP contribution in [-0.4, -0.2) is 44.4 Å². The molecule has 0 aliphatic carbocycles. The highest BCUT2D eigenvalue weighted by Crippen LogP contribution is 2.11. The van der Waals surface area contributed by atoms with Gasteiger partial charge >= 0.3 is 6.03 Å². The minimum atomic E-state index is -2.89. The first-order valence-electron chi connectivity index (χ1n) is 4.92. The summed E-state index contributed by atoms with van der Waals surface area (Å²) in [5.41, 5.74) is 4.76. The number of amides is 3. The number of primary amides is 1. The van der Waals surface area contributed by atoms with Crippen LogP contribution in [0.25, 0.3) is 0 Å². The summed E-state index contributed by atoms with van der Waals surface area (Å²) in [6.07, 6.45) is 0.984. The molecular weight excluding hydrogens is 234 g/mol. The van der Waals surface area contributed by atoms with E-state index >= 15 is 0 Å². The third-order valence-electron chi connectivity index (χ3n) is 2.37. The maximum atomic E-state index is 11.1.